The van der Waals surface area contributed by atoms with E-state index in [1.54, 1.807) is 0 Å². The van der Waals surface area contributed by atoms with Crippen LogP contribution < -0.4 is 5.43 Å². The molecule has 1 aromatic rings. The van der Waals surface area contributed by atoms with E-state index in [0.717, 1.165) is 38.2 Å². The summed E-state index contributed by atoms with van der Waals surface area (Å²) in [4.78, 5) is 14.9. The first kappa shape index (κ1) is 14.7. The molecule has 0 amide bonds. The Balaban J connectivity index is 1.62. The number of hydrogen-bond acceptors (Lipinski definition) is 4. The largest absolute Gasteiger partial charge is 0.304 e. The smallest absolute Gasteiger partial charge is 0.180 e. The van der Waals surface area contributed by atoms with Gasteiger partial charge in [0, 0.05) is 31.7 Å². The molecule has 114 valence electrons. The Morgan fingerprint density at radius 1 is 1.14 bits per heavy atom. The molecule has 1 saturated heterocycles. The minimum Gasteiger partial charge on any atom is -0.304 e. The number of nitrogens with zero attached hydrogens (tertiary/aromatic N) is 2. The van der Waals surface area contributed by atoms with Crippen LogP contribution in [-0.4, -0.2) is 55.0 Å². The van der Waals surface area contributed by atoms with Crippen molar-refractivity contribution in [1.29, 1.82) is 0 Å². The summed E-state index contributed by atoms with van der Waals surface area (Å²) in [5.41, 5.74) is 7.00. The minimum atomic E-state index is -0.159. The van der Waals surface area contributed by atoms with E-state index in [2.05, 4.69) is 34.5 Å². The van der Waals surface area contributed by atoms with Crippen molar-refractivity contribution in [3.05, 3.63) is 34.9 Å². The van der Waals surface area contributed by atoms with Crippen LogP contribution in [0.4, 0.5) is 0 Å². The van der Waals surface area contributed by atoms with Gasteiger partial charge >= 0.3 is 0 Å². The monoisotopic (exact) mass is 287 g/mol. The third-order valence-corrected chi connectivity index (χ3v) is 4.66. The second-order valence-corrected chi connectivity index (χ2v) is 6.34. The van der Waals surface area contributed by atoms with Gasteiger partial charge in [-0.15, -0.1) is 0 Å². The van der Waals surface area contributed by atoms with Crippen LogP contribution >= 0.6 is 0 Å². The lowest BCUT2D eigenvalue weighted by Gasteiger charge is -2.34. The maximum atomic E-state index is 12.6. The van der Waals surface area contributed by atoms with Gasteiger partial charge in [-0.05, 0) is 50.4 Å². The van der Waals surface area contributed by atoms with Gasteiger partial charge in [-0.25, -0.2) is 10.4 Å². The normalized spacial score (nSPS) is 21.2. The highest BCUT2D eigenvalue weighted by molar-refractivity contribution is 6.00. The third kappa shape index (κ3) is 3.34. The van der Waals surface area contributed by atoms with Gasteiger partial charge in [0.25, 0.3) is 0 Å². The number of nitrogens with one attached hydrogen (secondary N) is 1. The van der Waals surface area contributed by atoms with Gasteiger partial charge in [0.1, 0.15) is 0 Å². The number of hydrogen-bond donors (Lipinski definition) is 1. The molecule has 1 aliphatic carbocycles. The molecular weight excluding hydrogens is 262 g/mol. The van der Waals surface area contributed by atoms with Crippen molar-refractivity contribution < 1.29 is 4.79 Å². The summed E-state index contributed by atoms with van der Waals surface area (Å²) >= 11 is 0. The van der Waals surface area contributed by atoms with Crippen molar-refractivity contribution in [2.75, 3.05) is 33.2 Å². The summed E-state index contributed by atoms with van der Waals surface area (Å²) in [5.74, 6) is 0.198. The second kappa shape index (κ2) is 6.26. The summed E-state index contributed by atoms with van der Waals surface area (Å²) in [6, 6.07) is 6.08. The van der Waals surface area contributed by atoms with Crippen LogP contribution in [0.3, 0.4) is 0 Å². The molecule has 3 rings (SSSR count). The fourth-order valence-electron chi connectivity index (χ4n) is 3.24. The highest BCUT2D eigenvalue weighted by Crippen LogP contribution is 2.23. The molecule has 1 fully saturated rings. The fraction of sp³-hybridized carbons (Fsp3) is 0.588. The molecule has 21 heavy (non-hydrogen) atoms. The molecule has 1 aromatic carbocycles. The SMILES string of the molecule is CC(NN1CCN(C)CC1)C(=O)c1ccc2c(c1)CCC2. The number of carbonyl (C=O) groups excluding carboxylic acids is 1. The van der Waals surface area contributed by atoms with Crippen molar-refractivity contribution in [2.24, 2.45) is 0 Å². The number of likely N-dealkylation sites (N-methyl/N-ethyl adjacent to an activating group) is 1. The molecule has 0 saturated carbocycles. The fourth-order valence-corrected chi connectivity index (χ4v) is 3.24. The quantitative estimate of drug-likeness (QED) is 0.851. The van der Waals surface area contributed by atoms with Crippen molar-refractivity contribution >= 4 is 5.78 Å². The molecular formula is C17H25N3O. The average molecular weight is 287 g/mol. The summed E-state index contributed by atoms with van der Waals surface area (Å²) in [6.45, 7) is 6.00. The predicted octanol–water partition coefficient (Wildman–Crippen LogP) is 1.50. The number of aryl methyl sites for hydroxylation is 2. The van der Waals surface area contributed by atoms with Crippen LogP contribution in [-0.2, 0) is 12.8 Å². The molecule has 0 radical (unpaired) electrons. The van der Waals surface area contributed by atoms with E-state index in [4.69, 9.17) is 0 Å². The number of benzene rings is 1. The molecule has 1 N–H and O–H groups in total. The van der Waals surface area contributed by atoms with Gasteiger partial charge in [0.05, 0.1) is 6.04 Å². The highest BCUT2D eigenvalue weighted by Gasteiger charge is 2.21. The molecule has 1 atom stereocenters. The molecule has 4 nitrogen and oxygen atoms in total. The predicted molar refractivity (Wildman–Crippen MR) is 84.5 cm³/mol. The Morgan fingerprint density at radius 3 is 2.62 bits per heavy atom. The minimum absolute atomic E-state index is 0.159. The van der Waals surface area contributed by atoms with Crippen LogP contribution in [0.15, 0.2) is 18.2 Å². The van der Waals surface area contributed by atoms with E-state index in [9.17, 15) is 4.79 Å². The van der Waals surface area contributed by atoms with E-state index in [1.165, 1.54) is 24.0 Å². The number of carbonyl (C=O) groups is 1. The topological polar surface area (TPSA) is 35.6 Å². The Labute approximate surface area is 127 Å². The third-order valence-electron chi connectivity index (χ3n) is 4.66. The van der Waals surface area contributed by atoms with Crippen LogP contribution in [0.25, 0.3) is 0 Å². The van der Waals surface area contributed by atoms with E-state index in [1.807, 2.05) is 13.0 Å². The van der Waals surface area contributed by atoms with Gasteiger partial charge in [-0.2, -0.15) is 0 Å². The summed E-state index contributed by atoms with van der Waals surface area (Å²) in [7, 11) is 2.14. The Bertz CT molecular complexity index is 521. The molecule has 0 aromatic heterocycles. The van der Waals surface area contributed by atoms with Crippen LogP contribution in [0.5, 0.6) is 0 Å². The molecule has 0 spiro atoms. The van der Waals surface area contributed by atoms with Crippen LogP contribution in [0.1, 0.15) is 34.8 Å². The summed E-state index contributed by atoms with van der Waals surface area (Å²) in [5, 5.41) is 2.18. The zero-order valence-electron chi connectivity index (χ0n) is 13.1. The van der Waals surface area contributed by atoms with E-state index >= 15 is 0 Å². The van der Waals surface area contributed by atoms with Crippen molar-refractivity contribution in [3.8, 4) is 0 Å². The van der Waals surface area contributed by atoms with Crippen molar-refractivity contribution in [3.63, 3.8) is 0 Å². The number of ketones is 1. The standard InChI is InChI=1S/C17H25N3O/c1-13(18-20-10-8-19(2)9-11-20)17(21)16-7-6-14-4-3-5-15(14)12-16/h6-7,12-13,18H,3-5,8-11H2,1-2H3. The van der Waals surface area contributed by atoms with E-state index in [-0.39, 0.29) is 11.8 Å². The highest BCUT2D eigenvalue weighted by atomic mass is 16.1. The first-order valence-electron chi connectivity index (χ1n) is 7.99. The van der Waals surface area contributed by atoms with Gasteiger partial charge in [0.2, 0.25) is 0 Å². The Kier molecular flexibility index (Phi) is 4.38. The number of piperazine rings is 1. The lowest BCUT2D eigenvalue weighted by Crippen LogP contribution is -2.54. The van der Waals surface area contributed by atoms with E-state index in [0.29, 0.717) is 0 Å². The average Bonchev–Trinajstić information content (AvgIpc) is 2.96. The summed E-state index contributed by atoms with van der Waals surface area (Å²) in [6.07, 6.45) is 3.51. The number of fused-ring (bicyclic) bond motifs is 1. The number of rotatable bonds is 4. The van der Waals surface area contributed by atoms with Crippen LogP contribution in [0, 0.1) is 0 Å². The molecule has 1 heterocycles. The number of hydrazine groups is 1. The van der Waals surface area contributed by atoms with Gasteiger partial charge in [-0.1, -0.05) is 12.1 Å². The maximum absolute atomic E-state index is 12.6. The zero-order chi connectivity index (χ0) is 14.8. The first-order chi connectivity index (χ1) is 10.1. The summed E-state index contributed by atoms with van der Waals surface area (Å²) < 4.78 is 0. The Hall–Kier alpha value is -1.23. The van der Waals surface area contributed by atoms with Crippen LogP contribution in [0.2, 0.25) is 0 Å². The molecule has 4 heteroatoms. The van der Waals surface area contributed by atoms with Gasteiger partial charge in [-0.3, -0.25) is 4.79 Å². The number of Topliss-reactive ketones (excluding diaryl/α,β-unsaturated/α-hetero) is 1. The lowest BCUT2D eigenvalue weighted by molar-refractivity contribution is 0.0718. The molecule has 2 aliphatic rings. The lowest BCUT2D eigenvalue weighted by atomic mass is 10.0. The van der Waals surface area contributed by atoms with E-state index < -0.39 is 0 Å². The van der Waals surface area contributed by atoms with Gasteiger partial charge in [0.15, 0.2) is 5.78 Å². The Morgan fingerprint density at radius 2 is 1.86 bits per heavy atom. The first-order valence-corrected chi connectivity index (χ1v) is 7.99. The zero-order valence-corrected chi connectivity index (χ0v) is 13.1. The molecule has 1 unspecified atom stereocenters. The van der Waals surface area contributed by atoms with Gasteiger partial charge < -0.3 is 4.90 Å². The maximum Gasteiger partial charge on any atom is 0.180 e. The second-order valence-electron chi connectivity index (χ2n) is 6.34. The molecule has 1 aliphatic heterocycles. The molecule has 0 bridgehead atoms. The van der Waals surface area contributed by atoms with Crippen molar-refractivity contribution in [1.82, 2.24) is 15.3 Å². The van der Waals surface area contributed by atoms with Crippen molar-refractivity contribution in [2.45, 2.75) is 32.2 Å².